The van der Waals surface area contributed by atoms with Gasteiger partial charge in [0.25, 0.3) is 5.56 Å². The van der Waals surface area contributed by atoms with Crippen LogP contribution >= 0.6 is 27.3 Å². The predicted molar refractivity (Wildman–Crippen MR) is 140 cm³/mol. The number of fused-ring (bicyclic) bond motifs is 1. The number of phenols is 1. The Kier molecular flexibility index (Phi) is 7.65. The third-order valence-corrected chi connectivity index (χ3v) is 7.07. The number of carbonyl (C=O) groups excluding carboxylic acids is 1. The van der Waals surface area contributed by atoms with Crippen molar-refractivity contribution in [3.63, 3.8) is 0 Å². The number of rotatable bonds is 7. The van der Waals surface area contributed by atoms with Gasteiger partial charge in [0.1, 0.15) is 5.75 Å². The van der Waals surface area contributed by atoms with Crippen molar-refractivity contribution in [2.45, 2.75) is 26.8 Å². The fraction of sp³-hybridized carbons (Fsp3) is 0.269. The highest BCUT2D eigenvalue weighted by molar-refractivity contribution is 9.10. The van der Waals surface area contributed by atoms with Gasteiger partial charge in [-0.05, 0) is 62.7 Å². The molecule has 36 heavy (non-hydrogen) atoms. The van der Waals surface area contributed by atoms with Gasteiger partial charge in [0.05, 0.1) is 42.2 Å². The molecule has 0 radical (unpaired) electrons. The molecular weight excluding hydrogens is 548 g/mol. The average molecular weight is 573 g/mol. The van der Waals surface area contributed by atoms with Crippen LogP contribution in [0, 0.1) is 0 Å². The number of esters is 1. The second-order valence-corrected chi connectivity index (χ2v) is 9.77. The smallest absolute Gasteiger partial charge is 0.338 e. The van der Waals surface area contributed by atoms with Gasteiger partial charge in [-0.3, -0.25) is 9.36 Å². The molecular formula is C26H25BrN2O6S. The number of aromatic hydroxyl groups is 1. The van der Waals surface area contributed by atoms with Gasteiger partial charge in [0, 0.05) is 10.0 Å². The second kappa shape index (κ2) is 10.7. The lowest BCUT2D eigenvalue weighted by Gasteiger charge is -2.25. The zero-order valence-corrected chi connectivity index (χ0v) is 22.6. The number of thiazole rings is 1. The number of benzene rings is 2. The molecule has 0 saturated carbocycles. The van der Waals surface area contributed by atoms with E-state index >= 15 is 0 Å². The molecule has 188 valence electrons. The molecule has 0 bridgehead atoms. The third-order valence-electron chi connectivity index (χ3n) is 5.60. The molecule has 3 aromatic rings. The van der Waals surface area contributed by atoms with E-state index in [1.807, 2.05) is 6.92 Å². The van der Waals surface area contributed by atoms with Gasteiger partial charge < -0.3 is 19.3 Å². The quantitative estimate of drug-likeness (QED) is 0.434. The van der Waals surface area contributed by atoms with Gasteiger partial charge in [-0.1, -0.05) is 33.3 Å². The molecule has 2 aromatic carbocycles. The fourth-order valence-electron chi connectivity index (χ4n) is 4.02. The van der Waals surface area contributed by atoms with Crippen molar-refractivity contribution < 1.29 is 24.1 Å². The van der Waals surface area contributed by atoms with E-state index in [2.05, 4.69) is 20.9 Å². The van der Waals surface area contributed by atoms with Crippen molar-refractivity contribution in [3.8, 4) is 17.2 Å². The summed E-state index contributed by atoms with van der Waals surface area (Å²) < 4.78 is 19.1. The molecule has 0 fully saturated rings. The molecule has 0 spiro atoms. The topological polar surface area (TPSA) is 99.4 Å². The monoisotopic (exact) mass is 572 g/mol. The number of methoxy groups -OCH3 is 1. The van der Waals surface area contributed by atoms with E-state index in [1.165, 1.54) is 15.9 Å². The van der Waals surface area contributed by atoms with E-state index in [9.17, 15) is 14.7 Å². The number of hydrogen-bond acceptors (Lipinski definition) is 8. The molecule has 1 aliphatic heterocycles. The second-order valence-electron chi connectivity index (χ2n) is 7.85. The minimum atomic E-state index is -0.788. The molecule has 0 aliphatic carbocycles. The highest BCUT2D eigenvalue weighted by Crippen LogP contribution is 2.36. The first-order valence-corrected chi connectivity index (χ1v) is 12.9. The first-order valence-electron chi connectivity index (χ1n) is 11.3. The Hall–Kier alpha value is -3.37. The van der Waals surface area contributed by atoms with Crippen molar-refractivity contribution in [2.75, 3.05) is 20.3 Å². The number of phenolic OH excluding ortho intramolecular Hbond substituents is 1. The van der Waals surface area contributed by atoms with Crippen LogP contribution < -0.4 is 24.4 Å². The molecule has 1 aliphatic rings. The summed E-state index contributed by atoms with van der Waals surface area (Å²) in [6.07, 6.45) is 1.62. The molecule has 4 rings (SSSR count). The van der Waals surface area contributed by atoms with E-state index in [4.69, 9.17) is 14.2 Å². The Bertz CT molecular complexity index is 1540. The Morgan fingerprint density at radius 3 is 2.67 bits per heavy atom. The zero-order chi connectivity index (χ0) is 26.0. The third kappa shape index (κ3) is 4.83. The lowest BCUT2D eigenvalue weighted by molar-refractivity contribution is -0.139. The summed E-state index contributed by atoms with van der Waals surface area (Å²) in [7, 11) is 1.55. The zero-order valence-electron chi connectivity index (χ0n) is 20.2. The Labute approximate surface area is 219 Å². The van der Waals surface area contributed by atoms with Gasteiger partial charge >= 0.3 is 5.97 Å². The maximum atomic E-state index is 13.7. The maximum absolute atomic E-state index is 13.7. The minimum Gasteiger partial charge on any atom is -0.507 e. The van der Waals surface area contributed by atoms with Gasteiger partial charge in [0.2, 0.25) is 0 Å². The average Bonchev–Trinajstić information content (AvgIpc) is 3.15. The Morgan fingerprint density at radius 2 is 1.97 bits per heavy atom. The van der Waals surface area contributed by atoms with Crippen LogP contribution in [0.4, 0.5) is 0 Å². The molecule has 8 nitrogen and oxygen atoms in total. The molecule has 10 heteroatoms. The maximum Gasteiger partial charge on any atom is 0.338 e. The number of ether oxygens (including phenoxy) is 3. The van der Waals surface area contributed by atoms with Crippen LogP contribution in [0.1, 0.15) is 37.9 Å². The molecule has 1 atom stereocenters. The van der Waals surface area contributed by atoms with E-state index in [-0.39, 0.29) is 23.5 Å². The summed E-state index contributed by atoms with van der Waals surface area (Å²) in [6.45, 7) is 5.91. The molecule has 0 unspecified atom stereocenters. The lowest BCUT2D eigenvalue weighted by atomic mass is 9.95. The van der Waals surface area contributed by atoms with E-state index in [1.54, 1.807) is 63.4 Å². The minimum absolute atomic E-state index is 0.0421. The van der Waals surface area contributed by atoms with Crippen LogP contribution in [0.2, 0.25) is 0 Å². The highest BCUT2D eigenvalue weighted by Gasteiger charge is 2.34. The summed E-state index contributed by atoms with van der Waals surface area (Å²) in [5.41, 5.74) is 1.52. The van der Waals surface area contributed by atoms with Gasteiger partial charge in [0.15, 0.2) is 16.3 Å². The van der Waals surface area contributed by atoms with Crippen LogP contribution in [0.3, 0.4) is 0 Å². The van der Waals surface area contributed by atoms with Gasteiger partial charge in [-0.2, -0.15) is 0 Å². The van der Waals surface area contributed by atoms with Crippen LogP contribution in [-0.2, 0) is 9.53 Å². The highest BCUT2D eigenvalue weighted by atomic mass is 79.9. The number of allylic oxidation sites excluding steroid dienone is 1. The Morgan fingerprint density at radius 1 is 1.19 bits per heavy atom. The van der Waals surface area contributed by atoms with E-state index < -0.39 is 12.0 Å². The van der Waals surface area contributed by atoms with Crippen molar-refractivity contribution in [3.05, 3.63) is 83.0 Å². The largest absolute Gasteiger partial charge is 0.507 e. The SMILES string of the molecule is CCOC(=O)C1=C(C)N=c2sc(=Cc3cc(Br)ccc3O)c(=O)n2[C@@H]1c1ccc(OC)c(OCC)c1. The normalized spacial score (nSPS) is 15.4. The molecule has 2 heterocycles. The molecule has 0 amide bonds. The number of halogens is 1. The Balaban J connectivity index is 1.98. The van der Waals surface area contributed by atoms with Gasteiger partial charge in [-0.25, -0.2) is 9.79 Å². The number of carbonyl (C=O) groups is 1. The molecule has 1 N–H and O–H groups in total. The fourth-order valence-corrected chi connectivity index (χ4v) is 5.44. The standard InChI is InChI=1S/C26H25BrN2O6S/c1-5-34-20-12-15(7-10-19(20)33-4)23-22(25(32)35-6-2)14(3)28-26-29(23)24(31)21(36-26)13-16-11-17(27)8-9-18(16)30/h7-13,23,30H,5-6H2,1-4H3/t23-/m1/s1. The number of nitrogens with zero attached hydrogens (tertiary/aromatic N) is 2. The van der Waals surface area contributed by atoms with Crippen LogP contribution in [0.5, 0.6) is 17.2 Å². The number of aromatic nitrogens is 1. The summed E-state index contributed by atoms with van der Waals surface area (Å²) in [5, 5.41) is 10.3. The van der Waals surface area contributed by atoms with Crippen molar-refractivity contribution in [1.82, 2.24) is 4.57 Å². The number of hydrogen-bond donors (Lipinski definition) is 1. The summed E-state index contributed by atoms with van der Waals surface area (Å²) in [6, 6.07) is 9.49. The van der Waals surface area contributed by atoms with Crippen molar-refractivity contribution in [1.29, 1.82) is 0 Å². The summed E-state index contributed by atoms with van der Waals surface area (Å²) in [4.78, 5) is 31.8. The first-order chi connectivity index (χ1) is 17.3. The summed E-state index contributed by atoms with van der Waals surface area (Å²) >= 11 is 4.58. The lowest BCUT2D eigenvalue weighted by Crippen LogP contribution is -2.40. The van der Waals surface area contributed by atoms with Crippen LogP contribution in [0.15, 0.2) is 61.9 Å². The predicted octanol–water partition coefficient (Wildman–Crippen LogP) is 3.67. The van der Waals surface area contributed by atoms with Crippen LogP contribution in [-0.4, -0.2) is 36.0 Å². The summed E-state index contributed by atoms with van der Waals surface area (Å²) in [5.74, 6) is 0.532. The van der Waals surface area contributed by atoms with Crippen molar-refractivity contribution in [2.24, 2.45) is 4.99 Å². The van der Waals surface area contributed by atoms with E-state index in [0.717, 1.165) is 4.47 Å². The molecule has 0 saturated heterocycles. The first kappa shape index (κ1) is 25.7. The van der Waals surface area contributed by atoms with Gasteiger partial charge in [-0.15, -0.1) is 0 Å². The van der Waals surface area contributed by atoms with E-state index in [0.29, 0.717) is 44.3 Å². The van der Waals surface area contributed by atoms with Crippen LogP contribution in [0.25, 0.3) is 6.08 Å². The molecule has 1 aromatic heterocycles. The van der Waals surface area contributed by atoms with Crippen molar-refractivity contribution >= 4 is 39.3 Å².